The van der Waals surface area contributed by atoms with Gasteiger partial charge in [-0.05, 0) is 50.1 Å². The van der Waals surface area contributed by atoms with Crippen LogP contribution in [0.2, 0.25) is 0 Å². The SMILES string of the molecule is O=P(OCc1ccccc1)(OCc1ccccc1)O[C@H]1[C@H](OCOCc2ccccc2)[C@H](OCc2ccccc2)[C@H](OP(=O)(OCc2ccccc2)OCc2ccccc2)[C@@H](OP(=O)(OCc2ccccc2)OCc2ccccc2)[C@@H]1OCOCc1ccccc1. The van der Waals surface area contributed by atoms with Gasteiger partial charge in [-0.15, -0.1) is 0 Å². The van der Waals surface area contributed by atoms with Crippen LogP contribution in [0.1, 0.15) is 50.1 Å². The Balaban J connectivity index is 1.15. The summed E-state index contributed by atoms with van der Waals surface area (Å²) in [6, 6.07) is 82.4. The first kappa shape index (κ1) is 67.0. The normalized spacial score (nSPS) is 17.8. The summed E-state index contributed by atoms with van der Waals surface area (Å²) in [5.41, 5.74) is 6.05. The molecule has 0 bridgehead atoms. The lowest BCUT2D eigenvalue weighted by molar-refractivity contribution is -0.275. The van der Waals surface area contributed by atoms with E-state index in [4.69, 9.17) is 64.4 Å². The zero-order valence-corrected chi connectivity index (χ0v) is 52.7. The maximum absolute atomic E-state index is 16.3. The van der Waals surface area contributed by atoms with Crippen LogP contribution in [-0.4, -0.2) is 50.2 Å². The largest absolute Gasteiger partial charge is 0.475 e. The van der Waals surface area contributed by atoms with Crippen LogP contribution < -0.4 is 0 Å². The van der Waals surface area contributed by atoms with E-state index >= 15 is 13.7 Å². The van der Waals surface area contributed by atoms with Gasteiger partial charge in [-0.2, -0.15) is 0 Å². The van der Waals surface area contributed by atoms with Gasteiger partial charge in [0.2, 0.25) is 0 Å². The van der Waals surface area contributed by atoms with Gasteiger partial charge in [0.15, 0.2) is 0 Å². The third kappa shape index (κ3) is 21.6. The quantitative estimate of drug-likeness (QED) is 0.0204. The van der Waals surface area contributed by atoms with E-state index in [2.05, 4.69) is 0 Å². The molecule has 0 spiro atoms. The Kier molecular flexibility index (Phi) is 25.9. The lowest BCUT2D eigenvalue weighted by Crippen LogP contribution is -2.67. The molecule has 1 saturated carbocycles. The molecule has 91 heavy (non-hydrogen) atoms. The van der Waals surface area contributed by atoms with Crippen LogP contribution in [0.3, 0.4) is 0 Å². The van der Waals surface area contributed by atoms with Crippen molar-refractivity contribution in [2.45, 2.75) is 96.1 Å². The van der Waals surface area contributed by atoms with Crippen LogP contribution in [0, 0.1) is 0 Å². The molecule has 0 aliphatic heterocycles. The predicted octanol–water partition coefficient (Wildman–Crippen LogP) is 16.5. The molecule has 1 aliphatic carbocycles. The van der Waals surface area contributed by atoms with Crippen molar-refractivity contribution in [1.82, 2.24) is 0 Å². The molecular weight excluding hydrogens is 1220 g/mol. The van der Waals surface area contributed by atoms with Crippen molar-refractivity contribution in [3.05, 3.63) is 323 Å². The highest BCUT2D eigenvalue weighted by atomic mass is 31.2. The molecule has 17 nitrogen and oxygen atoms in total. The van der Waals surface area contributed by atoms with Crippen molar-refractivity contribution in [1.29, 1.82) is 0 Å². The van der Waals surface area contributed by atoms with Gasteiger partial charge in [-0.25, -0.2) is 13.7 Å². The second-order valence-electron chi connectivity index (χ2n) is 21.0. The van der Waals surface area contributed by atoms with E-state index in [-0.39, 0.29) is 59.5 Å². The van der Waals surface area contributed by atoms with Crippen LogP contribution in [-0.2, 0) is 138 Å². The minimum atomic E-state index is -5.02. The average Bonchev–Trinajstić information content (AvgIpc) is 0.776. The first-order valence-corrected chi connectivity index (χ1v) is 34.1. The van der Waals surface area contributed by atoms with Crippen molar-refractivity contribution in [2.24, 2.45) is 0 Å². The van der Waals surface area contributed by atoms with E-state index in [1.54, 1.807) is 97.1 Å². The van der Waals surface area contributed by atoms with E-state index in [1.165, 1.54) is 0 Å². The highest BCUT2D eigenvalue weighted by molar-refractivity contribution is 7.49. The van der Waals surface area contributed by atoms with E-state index < -0.39 is 73.7 Å². The second-order valence-corrected chi connectivity index (χ2v) is 25.9. The molecule has 1 aliphatic rings. The molecule has 0 unspecified atom stereocenters. The summed E-state index contributed by atoms with van der Waals surface area (Å²) >= 11 is 0. The zero-order valence-electron chi connectivity index (χ0n) is 50.0. The maximum Gasteiger partial charge on any atom is 0.475 e. The summed E-state index contributed by atoms with van der Waals surface area (Å²) in [4.78, 5) is 0. The van der Waals surface area contributed by atoms with Crippen molar-refractivity contribution in [3.63, 3.8) is 0 Å². The molecule has 0 aromatic heterocycles. The topological polar surface area (TPSA) is 180 Å². The van der Waals surface area contributed by atoms with Crippen LogP contribution in [0.15, 0.2) is 273 Å². The molecule has 9 aromatic carbocycles. The fourth-order valence-corrected chi connectivity index (χ4v) is 13.7. The molecule has 9 aromatic rings. The smallest absolute Gasteiger partial charge is 0.368 e. The number of phosphoric ester groups is 3. The first-order valence-electron chi connectivity index (χ1n) is 29.7. The first-order chi connectivity index (χ1) is 44.7. The Labute approximate surface area is 531 Å². The summed E-state index contributed by atoms with van der Waals surface area (Å²) < 4.78 is 141. The van der Waals surface area contributed by atoms with Gasteiger partial charge >= 0.3 is 23.5 Å². The van der Waals surface area contributed by atoms with Gasteiger partial charge < -0.3 is 23.7 Å². The van der Waals surface area contributed by atoms with Gasteiger partial charge in [-0.1, -0.05) is 273 Å². The molecule has 0 heterocycles. The molecule has 20 heteroatoms. The maximum atomic E-state index is 16.3. The average molecular weight is 1290 g/mol. The highest BCUT2D eigenvalue weighted by Crippen LogP contribution is 2.60. The number of hydrogen-bond acceptors (Lipinski definition) is 17. The fourth-order valence-electron chi connectivity index (χ4n) is 9.65. The molecule has 6 atom stereocenters. The molecular formula is C71H73O17P3. The Morgan fingerprint density at radius 3 is 0.615 bits per heavy atom. The van der Waals surface area contributed by atoms with Crippen molar-refractivity contribution in [3.8, 4) is 0 Å². The van der Waals surface area contributed by atoms with Crippen LogP contribution in [0.5, 0.6) is 0 Å². The molecule has 0 saturated heterocycles. The summed E-state index contributed by atoms with van der Waals surface area (Å²) in [7, 11) is -14.9. The third-order valence-electron chi connectivity index (χ3n) is 14.3. The molecule has 474 valence electrons. The predicted molar refractivity (Wildman–Crippen MR) is 342 cm³/mol. The van der Waals surface area contributed by atoms with Crippen molar-refractivity contribution in [2.75, 3.05) is 13.6 Å². The Morgan fingerprint density at radius 1 is 0.209 bits per heavy atom. The Hall–Kier alpha value is -6.89. The van der Waals surface area contributed by atoms with Crippen LogP contribution in [0.4, 0.5) is 0 Å². The van der Waals surface area contributed by atoms with Crippen molar-refractivity contribution >= 4 is 23.5 Å². The van der Waals surface area contributed by atoms with Gasteiger partial charge in [0.05, 0.1) is 59.5 Å². The van der Waals surface area contributed by atoms with E-state index in [1.807, 2.05) is 176 Å². The van der Waals surface area contributed by atoms with Crippen molar-refractivity contribution < 1.29 is 78.1 Å². The molecule has 0 amide bonds. The number of rotatable bonds is 37. The summed E-state index contributed by atoms with van der Waals surface area (Å²) in [5, 5.41) is 0. The lowest BCUT2D eigenvalue weighted by Gasteiger charge is -2.49. The summed E-state index contributed by atoms with van der Waals surface area (Å²) in [6.07, 6.45) is -10.3. The standard InChI is InChI=1S/C71H73O17P3/c72-89(80-49-60-34-16-4-17-35-60,81-50-61-36-18-5-19-37-61)86-69-67(78-55-75-46-57-28-10-1-11-29-57)66(77-48-59-32-14-3-15-33-59)70(87-90(73,82-51-62-38-20-6-21-39-62)83-52-63-40-22-7-23-41-63)71(68(69)79-56-76-47-58-30-12-2-13-31-58)88-91(74,84-53-64-42-24-8-25-43-64)85-54-65-44-26-9-27-45-65/h1-45,66-71H,46-56H2/t66-,67+,68+,69-,70-,71-/m0/s1. The number of benzene rings is 9. The third-order valence-corrected chi connectivity index (χ3v) is 18.5. The van der Waals surface area contributed by atoms with Crippen LogP contribution in [0.25, 0.3) is 0 Å². The summed E-state index contributed by atoms with van der Waals surface area (Å²) in [5.74, 6) is 0. The van der Waals surface area contributed by atoms with E-state index in [0.29, 0.717) is 38.9 Å². The van der Waals surface area contributed by atoms with Gasteiger partial charge in [-0.3, -0.25) is 40.7 Å². The highest BCUT2D eigenvalue weighted by Gasteiger charge is 2.61. The lowest BCUT2D eigenvalue weighted by atomic mass is 9.84. The molecule has 0 radical (unpaired) electrons. The van der Waals surface area contributed by atoms with Gasteiger partial charge in [0.1, 0.15) is 50.2 Å². The van der Waals surface area contributed by atoms with Crippen LogP contribution >= 0.6 is 23.5 Å². The monoisotopic (exact) mass is 1290 g/mol. The Bertz CT molecular complexity index is 3490. The molecule has 10 rings (SSSR count). The number of ether oxygens (including phenoxy) is 5. The molecule has 1 fully saturated rings. The minimum Gasteiger partial charge on any atom is -0.368 e. The van der Waals surface area contributed by atoms with E-state index in [9.17, 15) is 0 Å². The van der Waals surface area contributed by atoms with Gasteiger partial charge in [0.25, 0.3) is 0 Å². The second kappa shape index (κ2) is 35.2. The number of hydrogen-bond donors (Lipinski definition) is 0. The summed E-state index contributed by atoms with van der Waals surface area (Å²) in [6.45, 7) is -2.66. The number of phosphoric acid groups is 3. The zero-order chi connectivity index (χ0) is 62.7. The minimum absolute atomic E-state index is 0.0498. The molecule has 0 N–H and O–H groups in total. The van der Waals surface area contributed by atoms with E-state index in [0.717, 1.165) is 11.1 Å². The Morgan fingerprint density at radius 2 is 0.385 bits per heavy atom. The fraction of sp³-hybridized carbons (Fsp3) is 0.239. The van der Waals surface area contributed by atoms with Gasteiger partial charge in [0, 0.05) is 0 Å².